The molecule has 0 bridgehead atoms. The zero-order chi connectivity index (χ0) is 23.4. The van der Waals surface area contributed by atoms with E-state index < -0.39 is 14.8 Å². The van der Waals surface area contributed by atoms with Gasteiger partial charge < -0.3 is 4.57 Å². The third kappa shape index (κ3) is 4.02. The Balaban J connectivity index is 1.62. The molecule has 1 N–H and O–H groups in total. The number of pyridine rings is 1. The van der Waals surface area contributed by atoms with Gasteiger partial charge in [0.1, 0.15) is 11.6 Å². The fraction of sp³-hybridized carbons (Fsp3) is 0.269. The van der Waals surface area contributed by atoms with Gasteiger partial charge in [-0.2, -0.15) is 0 Å². The van der Waals surface area contributed by atoms with Gasteiger partial charge in [0.15, 0.2) is 0 Å². The van der Waals surface area contributed by atoms with Gasteiger partial charge in [0.2, 0.25) is 10.0 Å². The SMILES string of the molecule is CC(C)(C)S(=O)(=O)Nc1ccc(-c2cc3cc(F)c(C4CC4)cc3n2-c2ccccc2)cn1. The Hall–Kier alpha value is -3.19. The number of aromatic nitrogens is 2. The highest BCUT2D eigenvalue weighted by atomic mass is 32.2. The summed E-state index contributed by atoms with van der Waals surface area (Å²) in [5.41, 5.74) is 4.35. The molecule has 170 valence electrons. The fourth-order valence-electron chi connectivity index (χ4n) is 3.92. The molecule has 1 aliphatic rings. The van der Waals surface area contributed by atoms with E-state index in [9.17, 15) is 12.8 Å². The van der Waals surface area contributed by atoms with E-state index in [1.54, 1.807) is 39.1 Å². The first-order valence-corrected chi connectivity index (χ1v) is 12.5. The van der Waals surface area contributed by atoms with E-state index in [4.69, 9.17) is 0 Å². The van der Waals surface area contributed by atoms with Crippen molar-refractivity contribution in [2.45, 2.75) is 44.3 Å². The average molecular weight is 464 g/mol. The molecule has 2 aromatic heterocycles. The van der Waals surface area contributed by atoms with Crippen LogP contribution in [-0.4, -0.2) is 22.7 Å². The number of rotatable bonds is 5. The van der Waals surface area contributed by atoms with Crippen LogP contribution in [0.15, 0.2) is 66.9 Å². The number of halogens is 1. The van der Waals surface area contributed by atoms with Crippen LogP contribution in [-0.2, 0) is 10.0 Å². The molecule has 2 aromatic carbocycles. The van der Waals surface area contributed by atoms with Crippen molar-refractivity contribution in [3.8, 4) is 16.9 Å². The second-order valence-electron chi connectivity index (χ2n) is 9.56. The summed E-state index contributed by atoms with van der Waals surface area (Å²) in [6.07, 6.45) is 3.70. The number of hydrogen-bond donors (Lipinski definition) is 1. The molecule has 1 fully saturated rings. The third-order valence-corrected chi connectivity index (χ3v) is 8.15. The van der Waals surface area contributed by atoms with Crippen LogP contribution in [0, 0.1) is 5.82 Å². The van der Waals surface area contributed by atoms with Gasteiger partial charge in [-0.15, -0.1) is 0 Å². The maximum Gasteiger partial charge on any atom is 0.238 e. The zero-order valence-corrected chi connectivity index (χ0v) is 19.7. The van der Waals surface area contributed by atoms with Crippen molar-refractivity contribution in [2.24, 2.45) is 0 Å². The van der Waals surface area contributed by atoms with Crippen molar-refractivity contribution in [1.82, 2.24) is 9.55 Å². The minimum atomic E-state index is -3.57. The molecule has 1 aliphatic carbocycles. The van der Waals surface area contributed by atoms with Crippen LogP contribution in [0.25, 0.3) is 27.8 Å². The Morgan fingerprint density at radius 2 is 1.76 bits per heavy atom. The smallest absolute Gasteiger partial charge is 0.238 e. The summed E-state index contributed by atoms with van der Waals surface area (Å²) >= 11 is 0. The van der Waals surface area contributed by atoms with E-state index in [-0.39, 0.29) is 11.6 Å². The average Bonchev–Trinajstić information content (AvgIpc) is 3.54. The van der Waals surface area contributed by atoms with E-state index in [1.165, 1.54) is 0 Å². The maximum atomic E-state index is 14.8. The standard InChI is InChI=1S/C26H26FN3O2S/c1-26(2,3)33(31,32)29-25-12-11-18(16-28-25)23-14-19-13-22(27)21(17-9-10-17)15-24(19)30(23)20-7-5-4-6-8-20/h4-8,11-17H,9-10H2,1-3H3,(H,28,29). The highest BCUT2D eigenvalue weighted by Crippen LogP contribution is 2.43. The predicted octanol–water partition coefficient (Wildman–Crippen LogP) is 6.25. The van der Waals surface area contributed by atoms with Gasteiger partial charge in [0.25, 0.3) is 0 Å². The summed E-state index contributed by atoms with van der Waals surface area (Å²) in [7, 11) is -3.57. The second-order valence-corrected chi connectivity index (χ2v) is 12.0. The number of hydrogen-bond acceptors (Lipinski definition) is 3. The van der Waals surface area contributed by atoms with Gasteiger partial charge in [0, 0.05) is 22.8 Å². The van der Waals surface area contributed by atoms with E-state index in [0.717, 1.165) is 46.3 Å². The summed E-state index contributed by atoms with van der Waals surface area (Å²) in [5, 5.41) is 0.813. The molecule has 33 heavy (non-hydrogen) atoms. The monoisotopic (exact) mass is 463 g/mol. The molecule has 0 unspecified atom stereocenters. The van der Waals surface area contributed by atoms with Crippen LogP contribution in [0.3, 0.4) is 0 Å². The molecule has 0 aliphatic heterocycles. The van der Waals surface area contributed by atoms with E-state index in [2.05, 4.69) is 14.3 Å². The van der Waals surface area contributed by atoms with Crippen molar-refractivity contribution >= 4 is 26.7 Å². The molecule has 0 spiro atoms. The largest absolute Gasteiger partial charge is 0.309 e. The number of sulfonamides is 1. The molecule has 0 saturated heterocycles. The number of benzene rings is 2. The van der Waals surface area contributed by atoms with Gasteiger partial charge >= 0.3 is 0 Å². The lowest BCUT2D eigenvalue weighted by molar-refractivity contribution is 0.566. The van der Waals surface area contributed by atoms with E-state index in [0.29, 0.717) is 5.92 Å². The van der Waals surface area contributed by atoms with Crippen LogP contribution in [0.5, 0.6) is 0 Å². The molecule has 5 rings (SSSR count). The summed E-state index contributed by atoms with van der Waals surface area (Å²) in [4.78, 5) is 4.35. The lowest BCUT2D eigenvalue weighted by Crippen LogP contribution is -2.33. The van der Waals surface area contributed by atoms with Gasteiger partial charge in [-0.25, -0.2) is 17.8 Å². The van der Waals surface area contributed by atoms with Gasteiger partial charge in [-0.05, 0) is 87.6 Å². The minimum Gasteiger partial charge on any atom is -0.309 e. The van der Waals surface area contributed by atoms with Crippen LogP contribution < -0.4 is 4.72 Å². The van der Waals surface area contributed by atoms with Crippen LogP contribution in [0.2, 0.25) is 0 Å². The molecule has 1 saturated carbocycles. The predicted molar refractivity (Wildman–Crippen MR) is 131 cm³/mol. The Kier molecular flexibility index (Phi) is 5.05. The van der Waals surface area contributed by atoms with Gasteiger partial charge in [-0.3, -0.25) is 4.72 Å². The maximum absolute atomic E-state index is 14.8. The first-order valence-electron chi connectivity index (χ1n) is 11.0. The lowest BCUT2D eigenvalue weighted by Gasteiger charge is -2.20. The summed E-state index contributed by atoms with van der Waals surface area (Å²) in [5.74, 6) is 0.402. The number of para-hydroxylation sites is 1. The van der Waals surface area contributed by atoms with Crippen LogP contribution in [0.1, 0.15) is 45.1 Å². The Labute approximate surface area is 193 Å². The quantitative estimate of drug-likeness (QED) is 0.380. The van der Waals surface area contributed by atoms with Crippen molar-refractivity contribution in [2.75, 3.05) is 4.72 Å². The van der Waals surface area contributed by atoms with Crippen LogP contribution >= 0.6 is 0 Å². The summed E-state index contributed by atoms with van der Waals surface area (Å²) < 4.78 is 43.4. The Morgan fingerprint density at radius 1 is 1.03 bits per heavy atom. The molecule has 7 heteroatoms. The van der Waals surface area contributed by atoms with Gasteiger partial charge in [-0.1, -0.05) is 18.2 Å². The lowest BCUT2D eigenvalue weighted by atomic mass is 10.1. The molecule has 4 aromatic rings. The van der Waals surface area contributed by atoms with Crippen molar-refractivity contribution < 1.29 is 12.8 Å². The van der Waals surface area contributed by atoms with Crippen molar-refractivity contribution in [1.29, 1.82) is 0 Å². The zero-order valence-electron chi connectivity index (χ0n) is 18.8. The molecule has 0 radical (unpaired) electrons. The fourth-order valence-corrected chi connectivity index (χ4v) is 4.62. The minimum absolute atomic E-state index is 0.160. The third-order valence-electron chi connectivity index (χ3n) is 6.06. The van der Waals surface area contributed by atoms with Crippen molar-refractivity contribution in [3.05, 3.63) is 78.2 Å². The number of anilines is 1. The molecule has 0 amide bonds. The second kappa shape index (κ2) is 7.70. The van der Waals surface area contributed by atoms with E-state index >= 15 is 0 Å². The molecule has 2 heterocycles. The number of nitrogens with zero attached hydrogens (tertiary/aromatic N) is 2. The molecule has 0 atom stereocenters. The summed E-state index contributed by atoms with van der Waals surface area (Å²) in [6.45, 7) is 4.91. The Bertz CT molecular complexity index is 1430. The molecular formula is C26H26FN3O2S. The summed E-state index contributed by atoms with van der Waals surface area (Å²) in [6, 6.07) is 19.0. The van der Waals surface area contributed by atoms with Crippen LogP contribution in [0.4, 0.5) is 10.2 Å². The van der Waals surface area contributed by atoms with E-state index in [1.807, 2.05) is 48.5 Å². The first kappa shape index (κ1) is 21.6. The number of nitrogens with one attached hydrogen (secondary N) is 1. The topological polar surface area (TPSA) is 64.0 Å². The highest BCUT2D eigenvalue weighted by Gasteiger charge is 2.30. The Morgan fingerprint density at radius 3 is 2.36 bits per heavy atom. The molecular weight excluding hydrogens is 437 g/mol. The normalized spacial score (nSPS) is 14.5. The highest BCUT2D eigenvalue weighted by molar-refractivity contribution is 7.94. The van der Waals surface area contributed by atoms with Crippen molar-refractivity contribution in [3.63, 3.8) is 0 Å². The first-order chi connectivity index (χ1) is 15.6. The van der Waals surface area contributed by atoms with Gasteiger partial charge in [0.05, 0.1) is 16.0 Å². The molecule has 5 nitrogen and oxygen atoms in total. The number of fused-ring (bicyclic) bond motifs is 1.